The number of carbonyl (C=O) groups excluding carboxylic acids is 2. The predicted molar refractivity (Wildman–Crippen MR) is 65.8 cm³/mol. The minimum Gasteiger partial charge on any atom is -0.467 e. The number of aliphatic hydroxyl groups excluding tert-OH is 1. The molecule has 6 nitrogen and oxygen atoms in total. The van der Waals surface area contributed by atoms with Gasteiger partial charge in [-0.15, -0.1) is 0 Å². The smallest absolute Gasteiger partial charge is 0.330 e. The highest BCUT2D eigenvalue weighted by molar-refractivity contribution is 6.41. The fourth-order valence-electron chi connectivity index (χ4n) is 1.31. The van der Waals surface area contributed by atoms with Crippen LogP contribution in [-0.2, 0) is 16.6 Å². The summed E-state index contributed by atoms with van der Waals surface area (Å²) in [7, 11) is 2.71. The highest BCUT2D eigenvalue weighted by atomic mass is 35.5. The number of hydrogen-bond acceptors (Lipinski definition) is 4. The summed E-state index contributed by atoms with van der Waals surface area (Å²) in [5, 5.41) is 11.7. The number of methoxy groups -OCH3 is 1. The Morgan fingerprint density at radius 3 is 2.56 bits per heavy atom. The molecule has 0 saturated carbocycles. The van der Waals surface area contributed by atoms with Crippen molar-refractivity contribution in [3.05, 3.63) is 21.9 Å². The molecule has 2 N–H and O–H groups in total. The molecule has 0 unspecified atom stereocenters. The highest BCUT2D eigenvalue weighted by Crippen LogP contribution is 2.25. The Bertz CT molecular complexity index is 473. The largest absolute Gasteiger partial charge is 0.467 e. The molecule has 0 bridgehead atoms. The lowest BCUT2D eigenvalue weighted by atomic mass is 10.3. The zero-order chi connectivity index (χ0) is 13.9. The van der Waals surface area contributed by atoms with Gasteiger partial charge >= 0.3 is 5.97 Å². The van der Waals surface area contributed by atoms with Crippen LogP contribution in [0, 0.1) is 0 Å². The van der Waals surface area contributed by atoms with E-state index in [9.17, 15) is 9.59 Å². The summed E-state index contributed by atoms with van der Waals surface area (Å²) in [6.07, 6.45) is 0. The molecule has 8 heteroatoms. The summed E-state index contributed by atoms with van der Waals surface area (Å²) >= 11 is 11.6. The molecule has 1 rings (SSSR count). The lowest BCUT2D eigenvalue weighted by Crippen LogP contribution is -2.44. The number of hydrogen-bond donors (Lipinski definition) is 2. The Kier molecular flexibility index (Phi) is 5.01. The number of esters is 1. The average Bonchev–Trinajstić information content (AvgIpc) is 2.62. The Balaban J connectivity index is 2.88. The molecule has 0 saturated heterocycles. The van der Waals surface area contributed by atoms with Gasteiger partial charge in [-0.3, -0.25) is 4.79 Å². The van der Waals surface area contributed by atoms with Crippen LogP contribution in [0.25, 0.3) is 0 Å². The van der Waals surface area contributed by atoms with Crippen molar-refractivity contribution in [3.8, 4) is 0 Å². The summed E-state index contributed by atoms with van der Waals surface area (Å²) in [6, 6.07) is 0.236. The Hall–Kier alpha value is -1.24. The molecule has 0 aliphatic carbocycles. The van der Waals surface area contributed by atoms with Gasteiger partial charge in [0.05, 0.1) is 18.7 Å². The van der Waals surface area contributed by atoms with Crippen molar-refractivity contribution in [1.82, 2.24) is 9.88 Å². The molecular formula is C10H12Cl2N2O4. The van der Waals surface area contributed by atoms with Gasteiger partial charge < -0.3 is 19.7 Å². The maximum absolute atomic E-state index is 11.9. The molecule has 1 heterocycles. The van der Waals surface area contributed by atoms with Crippen molar-refractivity contribution in [3.63, 3.8) is 0 Å². The zero-order valence-corrected chi connectivity index (χ0v) is 11.2. The number of aromatic nitrogens is 1. The molecule has 100 valence electrons. The highest BCUT2D eigenvalue weighted by Gasteiger charge is 2.23. The molecular weight excluding hydrogens is 283 g/mol. The molecule has 1 aromatic rings. The van der Waals surface area contributed by atoms with E-state index in [-0.39, 0.29) is 15.9 Å². The molecule has 0 fully saturated rings. The van der Waals surface area contributed by atoms with E-state index in [2.05, 4.69) is 10.1 Å². The van der Waals surface area contributed by atoms with Crippen LogP contribution in [0.4, 0.5) is 0 Å². The van der Waals surface area contributed by atoms with Gasteiger partial charge in [0.2, 0.25) is 0 Å². The first-order valence-electron chi connectivity index (χ1n) is 4.92. The molecule has 0 aliphatic rings. The van der Waals surface area contributed by atoms with E-state index in [1.54, 1.807) is 7.05 Å². The molecule has 0 aromatic carbocycles. The molecule has 1 atom stereocenters. The third-order valence-electron chi connectivity index (χ3n) is 2.32. The van der Waals surface area contributed by atoms with E-state index in [0.29, 0.717) is 0 Å². The molecule has 18 heavy (non-hydrogen) atoms. The second-order valence-electron chi connectivity index (χ2n) is 3.46. The second-order valence-corrected chi connectivity index (χ2v) is 4.22. The van der Waals surface area contributed by atoms with Gasteiger partial charge in [-0.25, -0.2) is 4.79 Å². The monoisotopic (exact) mass is 294 g/mol. The van der Waals surface area contributed by atoms with E-state index in [4.69, 9.17) is 28.3 Å². The molecule has 0 radical (unpaired) electrons. The normalized spacial score (nSPS) is 12.1. The summed E-state index contributed by atoms with van der Waals surface area (Å²) in [4.78, 5) is 23.1. The third kappa shape index (κ3) is 2.95. The number of rotatable bonds is 4. The second kappa shape index (κ2) is 6.08. The number of aliphatic hydroxyl groups is 1. The van der Waals surface area contributed by atoms with Gasteiger partial charge in [-0.05, 0) is 6.07 Å². The third-order valence-corrected chi connectivity index (χ3v) is 3.16. The van der Waals surface area contributed by atoms with Gasteiger partial charge in [0, 0.05) is 7.05 Å². The van der Waals surface area contributed by atoms with Crippen LogP contribution in [-0.4, -0.2) is 41.3 Å². The van der Waals surface area contributed by atoms with Crippen molar-refractivity contribution in [2.45, 2.75) is 6.04 Å². The van der Waals surface area contributed by atoms with E-state index in [1.165, 1.54) is 10.6 Å². The number of nitrogens with one attached hydrogen (secondary N) is 1. The number of amides is 1. The quantitative estimate of drug-likeness (QED) is 0.797. The van der Waals surface area contributed by atoms with Crippen molar-refractivity contribution in [1.29, 1.82) is 0 Å². The van der Waals surface area contributed by atoms with Crippen LogP contribution >= 0.6 is 23.2 Å². The summed E-state index contributed by atoms with van der Waals surface area (Å²) in [6.45, 7) is -0.565. The van der Waals surface area contributed by atoms with Crippen LogP contribution < -0.4 is 5.32 Å². The maximum Gasteiger partial charge on any atom is 0.330 e. The lowest BCUT2D eigenvalue weighted by molar-refractivity contribution is -0.143. The van der Waals surface area contributed by atoms with Crippen molar-refractivity contribution >= 4 is 35.1 Å². The Labute approximate surface area is 113 Å². The van der Waals surface area contributed by atoms with Crippen LogP contribution in [0.3, 0.4) is 0 Å². The van der Waals surface area contributed by atoms with Crippen molar-refractivity contribution < 1.29 is 19.4 Å². The fraction of sp³-hybridized carbons (Fsp3) is 0.400. The van der Waals surface area contributed by atoms with Gasteiger partial charge in [0.1, 0.15) is 10.8 Å². The van der Waals surface area contributed by atoms with Crippen LogP contribution in [0.1, 0.15) is 10.5 Å². The summed E-state index contributed by atoms with van der Waals surface area (Å²) in [5.74, 6) is -1.33. The minimum absolute atomic E-state index is 0.173. The average molecular weight is 295 g/mol. The van der Waals surface area contributed by atoms with Crippen LogP contribution in [0.2, 0.25) is 10.2 Å². The van der Waals surface area contributed by atoms with E-state index in [0.717, 1.165) is 7.11 Å². The number of carbonyl (C=O) groups is 2. The first-order valence-corrected chi connectivity index (χ1v) is 5.68. The van der Waals surface area contributed by atoms with Gasteiger partial charge in [-0.1, -0.05) is 23.2 Å². The fourth-order valence-corrected chi connectivity index (χ4v) is 1.69. The standard InChI is InChI=1S/C10H12Cl2N2O4/c1-14-7(3-5(11)8(14)12)9(16)13-6(4-15)10(17)18-2/h3,6,15H,4H2,1-2H3,(H,13,16)/t6-/m0/s1. The lowest BCUT2D eigenvalue weighted by Gasteiger charge is -2.14. The minimum atomic E-state index is -1.13. The van der Waals surface area contributed by atoms with Crippen LogP contribution in [0.5, 0.6) is 0 Å². The van der Waals surface area contributed by atoms with Crippen molar-refractivity contribution in [2.24, 2.45) is 7.05 Å². The summed E-state index contributed by atoms with van der Waals surface area (Å²) in [5.41, 5.74) is 0.173. The van der Waals surface area contributed by atoms with E-state index in [1.807, 2.05) is 0 Å². The van der Waals surface area contributed by atoms with Gasteiger partial charge in [0.15, 0.2) is 6.04 Å². The molecule has 0 spiro atoms. The number of nitrogens with zero attached hydrogens (tertiary/aromatic N) is 1. The predicted octanol–water partition coefficient (Wildman–Crippen LogP) is 0.596. The van der Waals surface area contributed by atoms with Gasteiger partial charge in [-0.2, -0.15) is 0 Å². The molecule has 0 aliphatic heterocycles. The van der Waals surface area contributed by atoms with Crippen LogP contribution in [0.15, 0.2) is 6.07 Å². The SMILES string of the molecule is COC(=O)[C@H](CO)NC(=O)c1cc(Cl)c(Cl)n1C. The van der Waals surface area contributed by atoms with E-state index < -0.39 is 24.5 Å². The zero-order valence-electron chi connectivity index (χ0n) is 9.74. The molecule has 1 amide bonds. The van der Waals surface area contributed by atoms with Gasteiger partial charge in [0.25, 0.3) is 5.91 Å². The Morgan fingerprint density at radius 2 is 2.17 bits per heavy atom. The topological polar surface area (TPSA) is 80.6 Å². The summed E-state index contributed by atoms with van der Waals surface area (Å²) < 4.78 is 5.79. The number of ether oxygens (including phenoxy) is 1. The van der Waals surface area contributed by atoms with E-state index >= 15 is 0 Å². The molecule has 1 aromatic heterocycles. The number of halogens is 2. The Morgan fingerprint density at radius 1 is 1.56 bits per heavy atom. The first kappa shape index (κ1) is 14.8. The van der Waals surface area contributed by atoms with Crippen molar-refractivity contribution in [2.75, 3.05) is 13.7 Å². The first-order chi connectivity index (χ1) is 8.42. The maximum atomic E-state index is 11.9.